The monoisotopic (exact) mass is 564 g/mol. The molecule has 2 aliphatic carbocycles. The third kappa shape index (κ3) is 8.09. The van der Waals surface area contributed by atoms with Crippen molar-refractivity contribution < 1.29 is 29.3 Å². The Labute approximate surface area is 242 Å². The quantitative estimate of drug-likeness (QED) is 0.325. The fourth-order valence-electron chi connectivity index (χ4n) is 6.69. The fourth-order valence-corrected chi connectivity index (χ4v) is 6.69. The molecule has 8 nitrogen and oxygen atoms in total. The number of aliphatic hydroxyl groups is 2. The summed E-state index contributed by atoms with van der Waals surface area (Å²) in [5.74, 6) is -0.358. The zero-order valence-electron chi connectivity index (χ0n) is 23.8. The van der Waals surface area contributed by atoms with Gasteiger partial charge in [-0.1, -0.05) is 86.7 Å². The van der Waals surface area contributed by atoms with E-state index in [1.165, 1.54) is 6.42 Å². The topological polar surface area (TPSA) is 117 Å². The van der Waals surface area contributed by atoms with Crippen molar-refractivity contribution in [1.29, 1.82) is 0 Å². The second kappa shape index (κ2) is 14.3. The lowest BCUT2D eigenvalue weighted by atomic mass is 9.82. The van der Waals surface area contributed by atoms with Crippen molar-refractivity contribution in [1.82, 2.24) is 10.6 Å². The summed E-state index contributed by atoms with van der Waals surface area (Å²) >= 11 is 0. The van der Waals surface area contributed by atoms with Gasteiger partial charge in [0.25, 0.3) is 0 Å². The first-order valence-corrected chi connectivity index (χ1v) is 15.3. The molecule has 41 heavy (non-hydrogen) atoms. The Morgan fingerprint density at radius 3 is 2.51 bits per heavy atom. The molecule has 4 N–H and O–H groups in total. The van der Waals surface area contributed by atoms with Gasteiger partial charge in [0.2, 0.25) is 5.91 Å². The lowest BCUT2D eigenvalue weighted by Crippen LogP contribution is -2.48. The van der Waals surface area contributed by atoms with Crippen LogP contribution in [0.15, 0.2) is 54.6 Å². The maximum Gasteiger partial charge on any atom is 0.407 e. The smallest absolute Gasteiger partial charge is 0.407 e. The number of amides is 2. The van der Waals surface area contributed by atoms with Crippen molar-refractivity contribution in [3.05, 3.63) is 71.3 Å². The molecular formula is C33H44N2O6. The summed E-state index contributed by atoms with van der Waals surface area (Å²) < 4.78 is 10.9. The summed E-state index contributed by atoms with van der Waals surface area (Å²) in [7, 11) is 0. The van der Waals surface area contributed by atoms with Crippen LogP contribution in [0.5, 0.6) is 0 Å². The molecule has 2 amide bonds. The van der Waals surface area contributed by atoms with E-state index >= 15 is 0 Å². The number of nitrogens with one attached hydrogen (secondary N) is 2. The average Bonchev–Trinajstić information content (AvgIpc) is 3.60. The van der Waals surface area contributed by atoms with Crippen molar-refractivity contribution in [3.63, 3.8) is 0 Å². The van der Waals surface area contributed by atoms with E-state index in [1.54, 1.807) is 0 Å². The zero-order valence-corrected chi connectivity index (χ0v) is 23.8. The summed E-state index contributed by atoms with van der Waals surface area (Å²) in [6.45, 7) is 0.960. The van der Waals surface area contributed by atoms with Gasteiger partial charge < -0.3 is 30.3 Å². The number of ether oxygens (including phenoxy) is 2. The predicted octanol–water partition coefficient (Wildman–Crippen LogP) is 4.22. The Bertz CT molecular complexity index is 1130. The van der Waals surface area contributed by atoms with E-state index < -0.39 is 36.3 Å². The standard InChI is InChI=1S/C33H44N2O6/c36-29(28(18-23-11-5-2-6-12-23)34-33(39)41-26-15-16-40-21-26)20-25(17-22-9-3-1-4-10-22)32(38)35-31-27-14-8-7-13-24(27)19-30(31)37/h1,3-4,7-10,13-14,23,25-26,28-31,36-37H,2,5-6,11-12,15-21H2,(H,34,39)(H,35,38)/t25-,26+,28+,29+,30-,31+/m1/s1. The van der Waals surface area contributed by atoms with Gasteiger partial charge in [-0.3, -0.25) is 4.79 Å². The van der Waals surface area contributed by atoms with Gasteiger partial charge in [0.1, 0.15) is 6.10 Å². The van der Waals surface area contributed by atoms with E-state index in [0.717, 1.165) is 42.4 Å². The summed E-state index contributed by atoms with van der Waals surface area (Å²) in [5.41, 5.74) is 2.96. The first kappa shape index (κ1) is 29.5. The van der Waals surface area contributed by atoms with Crippen LogP contribution in [0.25, 0.3) is 0 Å². The van der Waals surface area contributed by atoms with Gasteiger partial charge in [0.05, 0.1) is 37.5 Å². The van der Waals surface area contributed by atoms with Crippen molar-refractivity contribution in [2.24, 2.45) is 11.8 Å². The van der Waals surface area contributed by atoms with Crippen LogP contribution in [0.3, 0.4) is 0 Å². The number of benzene rings is 2. The number of carbonyl (C=O) groups excluding carboxylic acids is 2. The van der Waals surface area contributed by atoms with Crippen molar-refractivity contribution in [3.8, 4) is 0 Å². The maximum absolute atomic E-state index is 13.8. The predicted molar refractivity (Wildman–Crippen MR) is 155 cm³/mol. The molecule has 2 aromatic carbocycles. The molecule has 8 heteroatoms. The lowest BCUT2D eigenvalue weighted by Gasteiger charge is -2.32. The van der Waals surface area contributed by atoms with Crippen LogP contribution >= 0.6 is 0 Å². The molecule has 1 saturated carbocycles. The highest BCUT2D eigenvalue weighted by Gasteiger charge is 2.36. The molecule has 6 atom stereocenters. The molecule has 1 heterocycles. The van der Waals surface area contributed by atoms with Crippen LogP contribution in [-0.4, -0.2) is 59.8 Å². The lowest BCUT2D eigenvalue weighted by molar-refractivity contribution is -0.127. The Hall–Kier alpha value is -2.94. The van der Waals surface area contributed by atoms with E-state index in [-0.39, 0.29) is 18.4 Å². The number of rotatable bonds is 11. The van der Waals surface area contributed by atoms with Gasteiger partial charge in [0.15, 0.2) is 0 Å². The molecule has 3 aliphatic rings. The highest BCUT2D eigenvalue weighted by Crippen LogP contribution is 2.33. The van der Waals surface area contributed by atoms with E-state index in [2.05, 4.69) is 10.6 Å². The SMILES string of the molecule is O=C(N[C@@H](CC1CCCCC1)[C@@H](O)C[C@@H](Cc1ccccc1)C(=O)N[C@H]1c2ccccc2C[C@H]1O)O[C@H]1CCOC1. The van der Waals surface area contributed by atoms with E-state index in [4.69, 9.17) is 9.47 Å². The minimum Gasteiger partial charge on any atom is -0.444 e. The van der Waals surface area contributed by atoms with Crippen LogP contribution < -0.4 is 10.6 Å². The first-order valence-electron chi connectivity index (χ1n) is 15.3. The minimum absolute atomic E-state index is 0.176. The number of hydrogen-bond acceptors (Lipinski definition) is 6. The molecule has 0 aromatic heterocycles. The fraction of sp³-hybridized carbons (Fsp3) is 0.576. The zero-order chi connectivity index (χ0) is 28.6. The van der Waals surface area contributed by atoms with Crippen LogP contribution in [0.2, 0.25) is 0 Å². The molecule has 222 valence electrons. The van der Waals surface area contributed by atoms with Crippen molar-refractivity contribution >= 4 is 12.0 Å². The van der Waals surface area contributed by atoms with Gasteiger partial charge in [-0.15, -0.1) is 0 Å². The molecule has 2 aromatic rings. The number of hydrogen-bond donors (Lipinski definition) is 4. The second-order valence-corrected chi connectivity index (χ2v) is 12.0. The molecule has 2 fully saturated rings. The molecule has 0 unspecified atom stereocenters. The van der Waals surface area contributed by atoms with Crippen molar-refractivity contribution in [2.45, 2.75) is 94.6 Å². The van der Waals surface area contributed by atoms with Gasteiger partial charge >= 0.3 is 6.09 Å². The van der Waals surface area contributed by atoms with Gasteiger partial charge in [-0.25, -0.2) is 4.79 Å². The third-order valence-corrected chi connectivity index (χ3v) is 8.96. The van der Waals surface area contributed by atoms with Gasteiger partial charge in [-0.2, -0.15) is 0 Å². The molecular weight excluding hydrogens is 520 g/mol. The summed E-state index contributed by atoms with van der Waals surface area (Å²) in [4.78, 5) is 26.6. The van der Waals surface area contributed by atoms with E-state index in [0.29, 0.717) is 44.8 Å². The summed E-state index contributed by atoms with van der Waals surface area (Å²) in [6, 6.07) is 16.5. The molecule has 0 bridgehead atoms. The number of alkyl carbamates (subject to hydrolysis) is 1. The maximum atomic E-state index is 13.8. The second-order valence-electron chi connectivity index (χ2n) is 12.0. The third-order valence-electron chi connectivity index (χ3n) is 8.96. The highest BCUT2D eigenvalue weighted by molar-refractivity contribution is 5.80. The van der Waals surface area contributed by atoms with Crippen LogP contribution in [0.1, 0.15) is 74.1 Å². The number of carbonyl (C=O) groups is 2. The molecule has 1 saturated heterocycles. The Kier molecular flexibility index (Phi) is 10.3. The van der Waals surface area contributed by atoms with Crippen molar-refractivity contribution in [2.75, 3.05) is 13.2 Å². The first-order chi connectivity index (χ1) is 20.0. The summed E-state index contributed by atoms with van der Waals surface area (Å²) in [6.07, 6.45) is 5.63. The van der Waals surface area contributed by atoms with Crippen LogP contribution in [-0.2, 0) is 27.1 Å². The highest BCUT2D eigenvalue weighted by atomic mass is 16.6. The Balaban J connectivity index is 1.30. The van der Waals surface area contributed by atoms with Crippen LogP contribution in [0, 0.1) is 11.8 Å². The molecule has 0 radical (unpaired) electrons. The van der Waals surface area contributed by atoms with Gasteiger partial charge in [0, 0.05) is 18.8 Å². The van der Waals surface area contributed by atoms with Gasteiger partial charge in [-0.05, 0) is 41.9 Å². The Morgan fingerprint density at radius 1 is 1.00 bits per heavy atom. The molecule has 5 rings (SSSR count). The largest absolute Gasteiger partial charge is 0.444 e. The number of fused-ring (bicyclic) bond motifs is 1. The Morgan fingerprint density at radius 2 is 1.76 bits per heavy atom. The molecule has 0 spiro atoms. The van der Waals surface area contributed by atoms with E-state index in [1.807, 2.05) is 54.6 Å². The molecule has 1 aliphatic heterocycles. The normalized spacial score (nSPS) is 24.7. The number of aliphatic hydroxyl groups excluding tert-OH is 2. The van der Waals surface area contributed by atoms with E-state index in [9.17, 15) is 19.8 Å². The average molecular weight is 565 g/mol. The minimum atomic E-state index is -0.940. The van der Waals surface area contributed by atoms with Crippen LogP contribution in [0.4, 0.5) is 4.79 Å². The summed E-state index contributed by atoms with van der Waals surface area (Å²) in [5, 5.41) is 28.4.